The van der Waals surface area contributed by atoms with Gasteiger partial charge in [0.15, 0.2) is 11.5 Å². The Kier molecular flexibility index (Phi) is 5.59. The molecule has 2 N–H and O–H groups in total. The van der Waals surface area contributed by atoms with Gasteiger partial charge < -0.3 is 25.0 Å². The predicted octanol–water partition coefficient (Wildman–Crippen LogP) is 1.85. The molecular weight excluding hydrogens is 428 g/mol. The minimum Gasteiger partial charge on any atom is -0.454 e. The van der Waals surface area contributed by atoms with Gasteiger partial charge in [0.05, 0.1) is 0 Å². The second-order valence-electron chi connectivity index (χ2n) is 9.14. The molecule has 5 rings (SSSR count). The maximum Gasteiger partial charge on any atom is 0.325 e. The number of carbonyl (C=O) groups is 4. The molecule has 176 valence electrons. The van der Waals surface area contributed by atoms with E-state index in [0.717, 1.165) is 12.8 Å². The lowest BCUT2D eigenvalue weighted by Gasteiger charge is -2.31. The van der Waals surface area contributed by atoms with Crippen LogP contribution in [0.1, 0.15) is 44.9 Å². The van der Waals surface area contributed by atoms with Gasteiger partial charge in [0.25, 0.3) is 5.91 Å². The zero-order valence-electron chi connectivity index (χ0n) is 18.4. The van der Waals surface area contributed by atoms with Crippen LogP contribution in [-0.4, -0.2) is 65.5 Å². The molecule has 0 radical (unpaired) electrons. The lowest BCUT2D eigenvalue weighted by molar-refractivity contribution is -0.136. The Balaban J connectivity index is 1.08. The first-order chi connectivity index (χ1) is 15.9. The van der Waals surface area contributed by atoms with Crippen molar-refractivity contribution in [3.05, 3.63) is 18.2 Å². The molecule has 10 nitrogen and oxygen atoms in total. The summed E-state index contributed by atoms with van der Waals surface area (Å²) in [6, 6.07) is 4.88. The van der Waals surface area contributed by atoms with Crippen molar-refractivity contribution in [1.29, 1.82) is 0 Å². The van der Waals surface area contributed by atoms with E-state index in [9.17, 15) is 19.2 Å². The number of ether oxygens (including phenoxy) is 2. The summed E-state index contributed by atoms with van der Waals surface area (Å²) in [4.78, 5) is 53.2. The normalized spacial score (nSPS) is 21.6. The van der Waals surface area contributed by atoms with E-state index in [4.69, 9.17) is 9.47 Å². The fourth-order valence-corrected chi connectivity index (χ4v) is 5.17. The minimum absolute atomic E-state index is 0.0813. The highest BCUT2D eigenvalue weighted by Crippen LogP contribution is 2.36. The van der Waals surface area contributed by atoms with E-state index in [2.05, 4.69) is 10.6 Å². The standard InChI is InChI=1S/C23H28N4O6/c28-19(7-12-27-21(30)23(25-22(27)31)8-1-2-9-23)26-10-5-15(6-11-26)20(29)24-16-3-4-17-18(13-16)33-14-32-17/h3-4,13,15H,1-2,5-12,14H2,(H,24,29)(H,25,31). The number of nitrogens with zero attached hydrogens (tertiary/aromatic N) is 2. The average Bonchev–Trinajstić information content (AvgIpc) is 3.53. The van der Waals surface area contributed by atoms with Gasteiger partial charge in [-0.15, -0.1) is 0 Å². The first kappa shape index (κ1) is 21.5. The van der Waals surface area contributed by atoms with Crippen LogP contribution in [0.4, 0.5) is 10.5 Å². The van der Waals surface area contributed by atoms with Gasteiger partial charge in [-0.25, -0.2) is 4.79 Å². The zero-order valence-corrected chi connectivity index (χ0v) is 18.4. The molecule has 0 unspecified atom stereocenters. The van der Waals surface area contributed by atoms with E-state index < -0.39 is 11.6 Å². The topological polar surface area (TPSA) is 117 Å². The van der Waals surface area contributed by atoms with Crippen molar-refractivity contribution in [3.63, 3.8) is 0 Å². The lowest BCUT2D eigenvalue weighted by atomic mass is 9.95. The Morgan fingerprint density at radius 3 is 2.58 bits per heavy atom. The van der Waals surface area contributed by atoms with Crippen molar-refractivity contribution >= 4 is 29.4 Å². The van der Waals surface area contributed by atoms with Crippen LogP contribution in [0, 0.1) is 5.92 Å². The molecule has 4 aliphatic rings. The molecular formula is C23H28N4O6. The van der Waals surface area contributed by atoms with Gasteiger partial charge in [0.1, 0.15) is 5.54 Å². The van der Waals surface area contributed by atoms with Gasteiger partial charge in [0, 0.05) is 43.7 Å². The predicted molar refractivity (Wildman–Crippen MR) is 117 cm³/mol. The highest BCUT2D eigenvalue weighted by Gasteiger charge is 2.52. The summed E-state index contributed by atoms with van der Waals surface area (Å²) in [7, 11) is 0. The third-order valence-corrected chi connectivity index (χ3v) is 7.11. The van der Waals surface area contributed by atoms with E-state index in [-0.39, 0.29) is 43.4 Å². The molecule has 1 aromatic rings. The second-order valence-corrected chi connectivity index (χ2v) is 9.14. The van der Waals surface area contributed by atoms with E-state index in [1.807, 2.05) is 0 Å². The summed E-state index contributed by atoms with van der Waals surface area (Å²) in [5, 5.41) is 5.75. The van der Waals surface area contributed by atoms with Crippen LogP contribution in [0.3, 0.4) is 0 Å². The zero-order chi connectivity index (χ0) is 23.0. The van der Waals surface area contributed by atoms with Gasteiger partial charge >= 0.3 is 6.03 Å². The van der Waals surface area contributed by atoms with Gasteiger partial charge in [0.2, 0.25) is 18.6 Å². The van der Waals surface area contributed by atoms with Crippen molar-refractivity contribution in [2.24, 2.45) is 5.92 Å². The van der Waals surface area contributed by atoms with Gasteiger partial charge in [-0.3, -0.25) is 19.3 Å². The van der Waals surface area contributed by atoms with Crippen LogP contribution in [-0.2, 0) is 14.4 Å². The fourth-order valence-electron chi connectivity index (χ4n) is 5.17. The molecule has 10 heteroatoms. The summed E-state index contributed by atoms with van der Waals surface area (Å²) in [5.74, 6) is 0.702. The van der Waals surface area contributed by atoms with Crippen LogP contribution in [0.25, 0.3) is 0 Å². The molecule has 3 fully saturated rings. The number of urea groups is 1. The number of hydrogen-bond acceptors (Lipinski definition) is 6. The van der Waals surface area contributed by atoms with E-state index >= 15 is 0 Å². The van der Waals surface area contributed by atoms with Crippen LogP contribution < -0.4 is 20.1 Å². The fraction of sp³-hybridized carbons (Fsp3) is 0.565. The number of nitrogens with one attached hydrogen (secondary N) is 2. The quantitative estimate of drug-likeness (QED) is 0.653. The highest BCUT2D eigenvalue weighted by molar-refractivity contribution is 6.07. The Hall–Kier alpha value is -3.30. The third kappa shape index (κ3) is 4.09. The Morgan fingerprint density at radius 1 is 1.09 bits per heavy atom. The van der Waals surface area contributed by atoms with Crippen molar-refractivity contribution in [2.75, 3.05) is 31.7 Å². The van der Waals surface area contributed by atoms with E-state index in [1.165, 1.54) is 4.90 Å². The minimum atomic E-state index is -0.746. The summed E-state index contributed by atoms with van der Waals surface area (Å²) < 4.78 is 10.6. The number of hydrogen-bond donors (Lipinski definition) is 2. The molecule has 0 bridgehead atoms. The number of fused-ring (bicyclic) bond motifs is 1. The lowest BCUT2D eigenvalue weighted by Crippen LogP contribution is -2.45. The van der Waals surface area contributed by atoms with Crippen LogP contribution >= 0.6 is 0 Å². The molecule has 2 saturated heterocycles. The average molecular weight is 456 g/mol. The van der Waals surface area contributed by atoms with Gasteiger partial charge in [-0.2, -0.15) is 0 Å². The number of piperidine rings is 1. The SMILES string of the molecule is O=C(Nc1ccc2c(c1)OCO2)C1CCN(C(=O)CCN2C(=O)NC3(CCCC3)C2=O)CC1. The van der Waals surface area contributed by atoms with Gasteiger partial charge in [-0.05, 0) is 37.8 Å². The van der Waals surface area contributed by atoms with Crippen LogP contribution in [0.5, 0.6) is 11.5 Å². The molecule has 1 aliphatic carbocycles. The van der Waals surface area contributed by atoms with Crippen molar-refractivity contribution < 1.29 is 28.7 Å². The maximum absolute atomic E-state index is 12.7. The van der Waals surface area contributed by atoms with Crippen LogP contribution in [0.2, 0.25) is 0 Å². The number of amides is 5. The monoisotopic (exact) mass is 456 g/mol. The molecule has 3 aliphatic heterocycles. The molecule has 0 atom stereocenters. The number of imide groups is 1. The van der Waals surface area contributed by atoms with Crippen molar-refractivity contribution in [1.82, 2.24) is 15.1 Å². The number of benzene rings is 1. The number of likely N-dealkylation sites (tertiary alicyclic amines) is 1. The van der Waals surface area contributed by atoms with E-state index in [0.29, 0.717) is 56.0 Å². The summed E-state index contributed by atoms with van der Waals surface area (Å²) in [5.41, 5.74) is -0.0968. The summed E-state index contributed by atoms with van der Waals surface area (Å²) >= 11 is 0. The molecule has 0 aromatic heterocycles. The summed E-state index contributed by atoms with van der Waals surface area (Å²) in [6.07, 6.45) is 4.42. The molecule has 1 saturated carbocycles. The second kappa shape index (κ2) is 8.57. The highest BCUT2D eigenvalue weighted by atomic mass is 16.7. The molecule has 1 aromatic carbocycles. The first-order valence-electron chi connectivity index (χ1n) is 11.6. The molecule has 33 heavy (non-hydrogen) atoms. The Morgan fingerprint density at radius 2 is 1.82 bits per heavy atom. The smallest absolute Gasteiger partial charge is 0.325 e. The molecule has 3 heterocycles. The molecule has 1 spiro atoms. The van der Waals surface area contributed by atoms with Gasteiger partial charge in [-0.1, -0.05) is 12.8 Å². The largest absolute Gasteiger partial charge is 0.454 e. The Bertz CT molecular complexity index is 981. The maximum atomic E-state index is 12.7. The molecule has 5 amide bonds. The number of carbonyl (C=O) groups excluding carboxylic acids is 4. The summed E-state index contributed by atoms with van der Waals surface area (Å²) in [6.45, 7) is 1.22. The first-order valence-corrected chi connectivity index (χ1v) is 11.6. The number of rotatable bonds is 5. The third-order valence-electron chi connectivity index (χ3n) is 7.11. The van der Waals surface area contributed by atoms with Crippen LogP contribution in [0.15, 0.2) is 18.2 Å². The Labute approximate surface area is 191 Å². The van der Waals surface area contributed by atoms with Crippen molar-refractivity contribution in [3.8, 4) is 11.5 Å². The number of anilines is 1. The van der Waals surface area contributed by atoms with E-state index in [1.54, 1.807) is 23.1 Å². The van der Waals surface area contributed by atoms with Crippen molar-refractivity contribution in [2.45, 2.75) is 50.5 Å².